The minimum absolute atomic E-state index is 1.22. The van der Waals surface area contributed by atoms with E-state index in [-0.39, 0.29) is 0 Å². The lowest BCUT2D eigenvalue weighted by Gasteiger charge is -2.02. The molecular weight excluding hydrogens is 278 g/mol. The molecule has 0 aliphatic heterocycles. The zero-order chi connectivity index (χ0) is 15.6. The fraction of sp³-hybridized carbons (Fsp3) is 0.0455. The van der Waals surface area contributed by atoms with Crippen LogP contribution in [0.2, 0.25) is 0 Å². The summed E-state index contributed by atoms with van der Waals surface area (Å²) in [5, 5.41) is 3.83. The highest BCUT2D eigenvalue weighted by molar-refractivity contribution is 5.90. The van der Waals surface area contributed by atoms with E-state index in [0.29, 0.717) is 0 Å². The van der Waals surface area contributed by atoms with Crippen LogP contribution in [0.3, 0.4) is 0 Å². The first-order valence-electron chi connectivity index (χ1n) is 7.85. The first-order valence-corrected chi connectivity index (χ1v) is 7.85. The number of para-hydroxylation sites is 1. The Morgan fingerprint density at radius 2 is 1.52 bits per heavy atom. The van der Waals surface area contributed by atoms with Gasteiger partial charge >= 0.3 is 0 Å². The number of aromatic nitrogens is 1. The molecule has 1 heterocycles. The van der Waals surface area contributed by atoms with Gasteiger partial charge in [-0.05, 0) is 34.0 Å². The summed E-state index contributed by atoms with van der Waals surface area (Å²) in [7, 11) is 2.08. The molecule has 4 rings (SSSR count). The second kappa shape index (κ2) is 5.69. The summed E-state index contributed by atoms with van der Waals surface area (Å²) >= 11 is 0. The molecule has 0 unspecified atom stereocenters. The molecule has 0 aliphatic rings. The van der Waals surface area contributed by atoms with E-state index in [0.717, 1.165) is 0 Å². The lowest BCUT2D eigenvalue weighted by atomic mass is 10.0. The van der Waals surface area contributed by atoms with Crippen molar-refractivity contribution in [2.45, 2.75) is 0 Å². The number of benzene rings is 3. The van der Waals surface area contributed by atoms with E-state index in [9.17, 15) is 0 Å². The summed E-state index contributed by atoms with van der Waals surface area (Å²) in [6.07, 6.45) is 6.50. The molecule has 0 bridgehead atoms. The molecule has 0 saturated heterocycles. The first kappa shape index (κ1) is 13.7. The van der Waals surface area contributed by atoms with Gasteiger partial charge in [0.05, 0.1) is 5.39 Å². The average Bonchev–Trinajstić information content (AvgIpc) is 2.61. The zero-order valence-corrected chi connectivity index (χ0v) is 13.1. The average molecular weight is 296 g/mol. The molecule has 0 amide bonds. The third kappa shape index (κ3) is 2.62. The number of hydrogen-bond donors (Lipinski definition) is 0. The first-order chi connectivity index (χ1) is 11.3. The van der Waals surface area contributed by atoms with Gasteiger partial charge in [0, 0.05) is 12.1 Å². The molecule has 3 aromatic carbocycles. The van der Waals surface area contributed by atoms with Crippen LogP contribution in [0.5, 0.6) is 0 Å². The van der Waals surface area contributed by atoms with Crippen LogP contribution < -0.4 is 4.57 Å². The maximum atomic E-state index is 2.23. The summed E-state index contributed by atoms with van der Waals surface area (Å²) < 4.78 is 2.16. The summed E-state index contributed by atoms with van der Waals surface area (Å²) in [5.41, 5.74) is 3.71. The number of nitrogens with zero attached hydrogens (tertiary/aromatic N) is 1. The van der Waals surface area contributed by atoms with Crippen LogP contribution in [0.25, 0.3) is 33.8 Å². The summed E-state index contributed by atoms with van der Waals surface area (Å²) in [6, 6.07) is 25.7. The van der Waals surface area contributed by atoms with Crippen LogP contribution in [0.1, 0.15) is 11.1 Å². The van der Waals surface area contributed by atoms with Crippen molar-refractivity contribution in [3.8, 4) is 0 Å². The Morgan fingerprint density at radius 3 is 2.43 bits per heavy atom. The summed E-state index contributed by atoms with van der Waals surface area (Å²) in [5.74, 6) is 0. The van der Waals surface area contributed by atoms with Crippen molar-refractivity contribution >= 4 is 33.8 Å². The highest BCUT2D eigenvalue weighted by Crippen LogP contribution is 2.20. The van der Waals surface area contributed by atoms with Crippen LogP contribution in [0.4, 0.5) is 0 Å². The maximum absolute atomic E-state index is 2.23. The molecule has 0 spiro atoms. The standard InChI is InChI=1S/C22H18N/c1-23-15-14-19(21-8-4-5-9-22(21)23)13-11-17-10-12-18-6-2-3-7-20(18)16-17/h2-16H,1H3/q+1/b13-11+. The third-order valence-corrected chi connectivity index (χ3v) is 4.30. The molecule has 0 saturated carbocycles. The molecule has 0 aliphatic carbocycles. The molecule has 0 atom stereocenters. The molecule has 4 aromatic rings. The van der Waals surface area contributed by atoms with Gasteiger partial charge in [0.15, 0.2) is 6.20 Å². The van der Waals surface area contributed by atoms with Gasteiger partial charge in [-0.15, -0.1) is 0 Å². The molecule has 1 aromatic heterocycles. The van der Waals surface area contributed by atoms with E-state index in [1.807, 2.05) is 0 Å². The second-order valence-corrected chi connectivity index (χ2v) is 5.84. The van der Waals surface area contributed by atoms with Crippen molar-refractivity contribution in [3.05, 3.63) is 90.1 Å². The van der Waals surface area contributed by atoms with E-state index < -0.39 is 0 Å². The Morgan fingerprint density at radius 1 is 0.739 bits per heavy atom. The van der Waals surface area contributed by atoms with Gasteiger partial charge in [-0.25, -0.2) is 4.57 Å². The lowest BCUT2D eigenvalue weighted by Crippen LogP contribution is -2.28. The number of pyridine rings is 1. The predicted molar refractivity (Wildman–Crippen MR) is 98.0 cm³/mol. The van der Waals surface area contributed by atoms with Gasteiger partial charge < -0.3 is 0 Å². The van der Waals surface area contributed by atoms with Crippen molar-refractivity contribution in [2.75, 3.05) is 0 Å². The molecule has 1 heteroatoms. The maximum Gasteiger partial charge on any atom is 0.212 e. The van der Waals surface area contributed by atoms with E-state index in [1.165, 1.54) is 32.8 Å². The van der Waals surface area contributed by atoms with Crippen molar-refractivity contribution < 1.29 is 4.57 Å². The van der Waals surface area contributed by atoms with Crippen LogP contribution in [0, 0.1) is 0 Å². The van der Waals surface area contributed by atoms with Crippen molar-refractivity contribution in [1.82, 2.24) is 0 Å². The Bertz CT molecular complexity index is 1030. The highest BCUT2D eigenvalue weighted by Gasteiger charge is 2.06. The molecule has 0 radical (unpaired) electrons. The second-order valence-electron chi connectivity index (χ2n) is 5.84. The van der Waals surface area contributed by atoms with Crippen molar-refractivity contribution in [2.24, 2.45) is 7.05 Å². The van der Waals surface area contributed by atoms with Gasteiger partial charge in [-0.1, -0.05) is 60.7 Å². The molecule has 23 heavy (non-hydrogen) atoms. The van der Waals surface area contributed by atoms with E-state index >= 15 is 0 Å². The third-order valence-electron chi connectivity index (χ3n) is 4.30. The molecule has 1 nitrogen and oxygen atoms in total. The monoisotopic (exact) mass is 296 g/mol. The highest BCUT2D eigenvalue weighted by atomic mass is 14.9. The summed E-state index contributed by atoms with van der Waals surface area (Å²) in [4.78, 5) is 0. The van der Waals surface area contributed by atoms with Gasteiger partial charge in [0.2, 0.25) is 5.52 Å². The van der Waals surface area contributed by atoms with Gasteiger partial charge in [0.1, 0.15) is 7.05 Å². The van der Waals surface area contributed by atoms with Crippen molar-refractivity contribution in [3.63, 3.8) is 0 Å². The predicted octanol–water partition coefficient (Wildman–Crippen LogP) is 4.99. The number of aryl methyl sites for hydroxylation is 1. The van der Waals surface area contributed by atoms with Crippen LogP contribution in [0.15, 0.2) is 79.0 Å². The van der Waals surface area contributed by atoms with E-state index in [4.69, 9.17) is 0 Å². The van der Waals surface area contributed by atoms with Crippen LogP contribution in [-0.4, -0.2) is 0 Å². The van der Waals surface area contributed by atoms with Gasteiger partial charge in [0.25, 0.3) is 0 Å². The normalized spacial score (nSPS) is 11.5. The fourth-order valence-corrected chi connectivity index (χ4v) is 3.03. The number of hydrogen-bond acceptors (Lipinski definition) is 0. The van der Waals surface area contributed by atoms with E-state index in [1.54, 1.807) is 0 Å². The quantitative estimate of drug-likeness (QED) is 0.459. The number of fused-ring (bicyclic) bond motifs is 2. The van der Waals surface area contributed by atoms with Crippen molar-refractivity contribution in [1.29, 1.82) is 0 Å². The Hall–Kier alpha value is -2.93. The topological polar surface area (TPSA) is 3.88 Å². The fourth-order valence-electron chi connectivity index (χ4n) is 3.03. The SMILES string of the molecule is C[n+]1ccc(/C=C/c2ccc3ccccc3c2)c2ccccc21. The lowest BCUT2D eigenvalue weighted by molar-refractivity contribution is -0.644. The smallest absolute Gasteiger partial charge is 0.201 e. The van der Waals surface area contributed by atoms with Gasteiger partial charge in [-0.2, -0.15) is 0 Å². The van der Waals surface area contributed by atoms with Crippen LogP contribution >= 0.6 is 0 Å². The summed E-state index contributed by atoms with van der Waals surface area (Å²) in [6.45, 7) is 0. The molecular formula is C22H18N+. The Balaban J connectivity index is 1.77. The molecule has 0 fully saturated rings. The van der Waals surface area contributed by atoms with Crippen LogP contribution in [-0.2, 0) is 7.05 Å². The molecule has 0 N–H and O–H groups in total. The Kier molecular flexibility index (Phi) is 3.39. The largest absolute Gasteiger partial charge is 0.212 e. The minimum Gasteiger partial charge on any atom is -0.201 e. The number of rotatable bonds is 2. The minimum atomic E-state index is 1.22. The van der Waals surface area contributed by atoms with E-state index in [2.05, 4.69) is 103 Å². The Labute approximate surface area is 136 Å². The molecule has 110 valence electrons. The zero-order valence-electron chi connectivity index (χ0n) is 13.1. The van der Waals surface area contributed by atoms with Gasteiger partial charge in [-0.3, -0.25) is 0 Å².